The Morgan fingerprint density at radius 3 is 1.53 bits per heavy atom. The lowest BCUT2D eigenvalue weighted by Crippen LogP contribution is -2.34. The maximum atomic E-state index is 5.79. The van der Waals surface area contributed by atoms with Crippen LogP contribution >= 0.6 is 0 Å². The molecule has 4 heteroatoms. The minimum Gasteiger partial charge on any atom is -0.478 e. The Balaban J connectivity index is 2.15. The fraction of sp³-hybridized carbons (Fsp3) is 0.867. The fourth-order valence-electron chi connectivity index (χ4n) is 2.24. The summed E-state index contributed by atoms with van der Waals surface area (Å²) in [5.74, 6) is 2.55. The van der Waals surface area contributed by atoms with Crippen LogP contribution in [0.4, 0.5) is 0 Å². The van der Waals surface area contributed by atoms with Gasteiger partial charge in [-0.05, 0) is 25.7 Å². The predicted octanol–water partition coefficient (Wildman–Crippen LogP) is 2.92. The van der Waals surface area contributed by atoms with Gasteiger partial charge in [-0.2, -0.15) is 0 Å². The molecule has 0 spiro atoms. The second-order valence-corrected chi connectivity index (χ2v) is 6.74. The molecule has 0 amide bonds. The minimum atomic E-state index is -0.354. The predicted molar refractivity (Wildman–Crippen MR) is 77.8 cm³/mol. The number of rotatable bonds is 4. The summed E-state index contributed by atoms with van der Waals surface area (Å²) in [4.78, 5) is 9.41. The monoisotopic (exact) mass is 266 g/mol. The van der Waals surface area contributed by atoms with Crippen molar-refractivity contribution in [3.63, 3.8) is 0 Å². The Hall–Kier alpha value is -1.06. The molecule has 0 radical (unpaired) electrons. The molecular weight excluding hydrogens is 240 g/mol. The molecule has 2 aliphatic heterocycles. The number of aliphatic imine (C=N–C) groups is 2. The van der Waals surface area contributed by atoms with Gasteiger partial charge < -0.3 is 9.47 Å². The van der Waals surface area contributed by atoms with Crippen molar-refractivity contribution in [3.05, 3.63) is 0 Å². The average Bonchev–Trinajstić information content (AvgIpc) is 2.99. The summed E-state index contributed by atoms with van der Waals surface area (Å²) in [6, 6.07) is 0.523. The molecule has 108 valence electrons. The molecule has 0 bridgehead atoms. The third-order valence-corrected chi connectivity index (χ3v) is 3.96. The van der Waals surface area contributed by atoms with Crippen LogP contribution in [-0.4, -0.2) is 37.1 Å². The second-order valence-electron chi connectivity index (χ2n) is 6.74. The maximum absolute atomic E-state index is 5.79. The highest BCUT2D eigenvalue weighted by Gasteiger charge is 2.41. The summed E-state index contributed by atoms with van der Waals surface area (Å²) >= 11 is 0. The van der Waals surface area contributed by atoms with Crippen molar-refractivity contribution in [1.82, 2.24) is 0 Å². The van der Waals surface area contributed by atoms with Gasteiger partial charge in [-0.3, -0.25) is 0 Å². The Morgan fingerprint density at radius 2 is 1.26 bits per heavy atom. The van der Waals surface area contributed by atoms with Crippen LogP contribution in [0.15, 0.2) is 9.98 Å². The van der Waals surface area contributed by atoms with E-state index in [9.17, 15) is 0 Å². The first-order chi connectivity index (χ1) is 8.82. The molecule has 2 aliphatic rings. The van der Waals surface area contributed by atoms with Crippen molar-refractivity contribution in [2.75, 3.05) is 13.2 Å². The van der Waals surface area contributed by atoms with Crippen LogP contribution in [0.1, 0.15) is 41.5 Å². The SMILES string of the molecule is CC(C)C1COC(C(C)(C)C2=N[C@@H](C(C)C)CO2)=N1. The molecule has 0 saturated carbocycles. The smallest absolute Gasteiger partial charge is 0.199 e. The normalized spacial score (nSPS) is 27.4. The quantitative estimate of drug-likeness (QED) is 0.785. The molecule has 4 nitrogen and oxygen atoms in total. The first-order valence-electron chi connectivity index (χ1n) is 7.24. The van der Waals surface area contributed by atoms with E-state index in [2.05, 4.69) is 41.5 Å². The number of hydrogen-bond acceptors (Lipinski definition) is 4. The van der Waals surface area contributed by atoms with E-state index in [0.29, 0.717) is 25.0 Å². The van der Waals surface area contributed by atoms with Crippen molar-refractivity contribution < 1.29 is 9.47 Å². The molecule has 19 heavy (non-hydrogen) atoms. The van der Waals surface area contributed by atoms with Gasteiger partial charge in [-0.25, -0.2) is 9.98 Å². The lowest BCUT2D eigenvalue weighted by Gasteiger charge is -2.22. The van der Waals surface area contributed by atoms with Crippen molar-refractivity contribution >= 4 is 11.8 Å². The van der Waals surface area contributed by atoms with Gasteiger partial charge in [0.25, 0.3) is 0 Å². The van der Waals surface area contributed by atoms with Gasteiger partial charge in [0.05, 0.1) is 12.1 Å². The zero-order valence-electron chi connectivity index (χ0n) is 12.9. The molecule has 0 aromatic heterocycles. The van der Waals surface area contributed by atoms with Gasteiger partial charge in [0, 0.05) is 0 Å². The average molecular weight is 266 g/mol. The van der Waals surface area contributed by atoms with Gasteiger partial charge in [0.2, 0.25) is 0 Å². The molecule has 0 saturated heterocycles. The lowest BCUT2D eigenvalue weighted by atomic mass is 9.92. The largest absolute Gasteiger partial charge is 0.478 e. The molecular formula is C15H26N2O2. The van der Waals surface area contributed by atoms with Crippen LogP contribution < -0.4 is 0 Å². The van der Waals surface area contributed by atoms with Crippen LogP contribution in [0.5, 0.6) is 0 Å². The summed E-state index contributed by atoms with van der Waals surface area (Å²) in [5, 5.41) is 0. The molecule has 0 aliphatic carbocycles. The second kappa shape index (κ2) is 5.14. The highest BCUT2D eigenvalue weighted by molar-refractivity contribution is 6.05. The van der Waals surface area contributed by atoms with E-state index in [1.807, 2.05) is 0 Å². The third kappa shape index (κ3) is 2.77. The summed E-state index contributed by atoms with van der Waals surface area (Å²) in [5.41, 5.74) is -0.354. The molecule has 2 heterocycles. The first kappa shape index (κ1) is 14.4. The van der Waals surface area contributed by atoms with Crippen molar-refractivity contribution in [1.29, 1.82) is 0 Å². The molecule has 0 aromatic carbocycles. The van der Waals surface area contributed by atoms with Gasteiger partial charge >= 0.3 is 0 Å². The van der Waals surface area contributed by atoms with Gasteiger partial charge in [-0.15, -0.1) is 0 Å². The highest BCUT2D eigenvalue weighted by Crippen LogP contribution is 2.31. The van der Waals surface area contributed by atoms with Crippen LogP contribution in [0.25, 0.3) is 0 Å². The van der Waals surface area contributed by atoms with E-state index in [4.69, 9.17) is 19.5 Å². The minimum absolute atomic E-state index is 0.261. The highest BCUT2D eigenvalue weighted by atomic mass is 16.5. The molecule has 0 aromatic rings. The van der Waals surface area contributed by atoms with E-state index in [0.717, 1.165) is 11.8 Å². The van der Waals surface area contributed by atoms with E-state index in [1.165, 1.54) is 0 Å². The van der Waals surface area contributed by atoms with Gasteiger partial charge in [0.1, 0.15) is 18.6 Å². The van der Waals surface area contributed by atoms with E-state index in [-0.39, 0.29) is 17.5 Å². The molecule has 2 atom stereocenters. The Kier molecular flexibility index (Phi) is 3.88. The third-order valence-electron chi connectivity index (χ3n) is 3.96. The molecule has 0 fully saturated rings. The van der Waals surface area contributed by atoms with Crippen LogP contribution in [0.3, 0.4) is 0 Å². The van der Waals surface area contributed by atoms with E-state index < -0.39 is 0 Å². The van der Waals surface area contributed by atoms with Crippen LogP contribution in [0.2, 0.25) is 0 Å². The first-order valence-corrected chi connectivity index (χ1v) is 7.24. The van der Waals surface area contributed by atoms with E-state index >= 15 is 0 Å². The standard InChI is InChI=1S/C15H26N2O2/c1-9(2)11-7-18-13(16-11)15(5,6)14-17-12(8-19-14)10(3)4/h9-12H,7-8H2,1-6H3/t11-,12?/m1/s1. The fourth-order valence-corrected chi connectivity index (χ4v) is 2.24. The zero-order valence-corrected chi connectivity index (χ0v) is 12.9. The topological polar surface area (TPSA) is 43.2 Å². The van der Waals surface area contributed by atoms with Crippen LogP contribution in [0, 0.1) is 17.3 Å². The molecule has 2 rings (SSSR count). The van der Waals surface area contributed by atoms with Gasteiger partial charge in [0.15, 0.2) is 11.8 Å². The molecule has 0 N–H and O–H groups in total. The maximum Gasteiger partial charge on any atom is 0.199 e. The summed E-state index contributed by atoms with van der Waals surface area (Å²) < 4.78 is 11.6. The molecule has 1 unspecified atom stereocenters. The Labute approximate surface area is 116 Å². The van der Waals surface area contributed by atoms with Crippen molar-refractivity contribution in [2.45, 2.75) is 53.6 Å². The Bertz CT molecular complexity index is 361. The summed E-state index contributed by atoms with van der Waals surface area (Å²) in [6.07, 6.45) is 0. The van der Waals surface area contributed by atoms with Gasteiger partial charge in [-0.1, -0.05) is 27.7 Å². The lowest BCUT2D eigenvalue weighted by molar-refractivity contribution is 0.249. The number of ether oxygens (including phenoxy) is 2. The van der Waals surface area contributed by atoms with Crippen molar-refractivity contribution in [3.8, 4) is 0 Å². The number of hydrogen-bond donors (Lipinski definition) is 0. The summed E-state index contributed by atoms with van der Waals surface area (Å²) in [7, 11) is 0. The van der Waals surface area contributed by atoms with E-state index in [1.54, 1.807) is 0 Å². The zero-order chi connectivity index (χ0) is 14.2. The number of nitrogens with zero attached hydrogens (tertiary/aromatic N) is 2. The van der Waals surface area contributed by atoms with Crippen molar-refractivity contribution in [2.24, 2.45) is 27.2 Å². The summed E-state index contributed by atoms with van der Waals surface area (Å²) in [6.45, 7) is 14.2. The Morgan fingerprint density at radius 1 is 0.895 bits per heavy atom. The van der Waals surface area contributed by atoms with Crippen LogP contribution in [-0.2, 0) is 9.47 Å².